The molecule has 0 bridgehead atoms. The van der Waals surface area contributed by atoms with Crippen LogP contribution in [-0.2, 0) is 9.53 Å². The lowest BCUT2D eigenvalue weighted by atomic mass is 10.0. The lowest BCUT2D eigenvalue weighted by Crippen LogP contribution is -2.46. The molecule has 0 aliphatic heterocycles. The Kier molecular flexibility index (Phi) is 4.54. The summed E-state index contributed by atoms with van der Waals surface area (Å²) in [5.41, 5.74) is 5.57. The van der Waals surface area contributed by atoms with Gasteiger partial charge in [0, 0.05) is 19.1 Å². The van der Waals surface area contributed by atoms with Crippen LogP contribution in [0.1, 0.15) is 26.2 Å². The third-order valence-electron chi connectivity index (χ3n) is 3.06. The highest BCUT2D eigenvalue weighted by molar-refractivity contribution is 5.85. The van der Waals surface area contributed by atoms with E-state index < -0.39 is 6.10 Å². The molecule has 0 radical (unpaired) electrons. The summed E-state index contributed by atoms with van der Waals surface area (Å²) in [6.07, 6.45) is 2.17. The number of nitrogens with one attached hydrogen (secondary N) is 1. The highest BCUT2D eigenvalue weighted by atomic mass is 16.5. The molecule has 0 aromatic heterocycles. The van der Waals surface area contributed by atoms with E-state index in [1.165, 1.54) is 7.11 Å². The fourth-order valence-corrected chi connectivity index (χ4v) is 1.97. The molecule has 16 heavy (non-hydrogen) atoms. The normalized spacial score (nSPS) is 27.8. The van der Waals surface area contributed by atoms with Crippen LogP contribution >= 0.6 is 0 Å². The summed E-state index contributed by atoms with van der Waals surface area (Å²) in [6, 6.07) is -0.0546. The third kappa shape index (κ3) is 2.85. The molecule has 6 heteroatoms. The Bertz CT molecular complexity index is 280. The number of carbonyl (C=O) groups excluding carboxylic acids is 1. The van der Waals surface area contributed by atoms with Gasteiger partial charge in [0.05, 0.1) is 0 Å². The number of ether oxygens (including phenoxy) is 1. The molecule has 92 valence electrons. The molecule has 6 nitrogen and oxygen atoms in total. The van der Waals surface area contributed by atoms with Gasteiger partial charge in [-0.2, -0.15) is 0 Å². The number of nitrogens with two attached hydrogens (primary N) is 1. The largest absolute Gasteiger partial charge is 0.409 e. The molecule has 0 saturated heterocycles. The molecule has 1 aliphatic carbocycles. The van der Waals surface area contributed by atoms with Gasteiger partial charge in [-0.05, 0) is 19.8 Å². The van der Waals surface area contributed by atoms with Crippen LogP contribution in [-0.4, -0.2) is 36.2 Å². The van der Waals surface area contributed by atoms with E-state index >= 15 is 0 Å². The van der Waals surface area contributed by atoms with Crippen LogP contribution in [0.5, 0.6) is 0 Å². The fraction of sp³-hybridized carbons (Fsp3) is 0.800. The fourth-order valence-electron chi connectivity index (χ4n) is 1.97. The van der Waals surface area contributed by atoms with E-state index in [0.29, 0.717) is 0 Å². The zero-order chi connectivity index (χ0) is 12.1. The summed E-state index contributed by atoms with van der Waals surface area (Å²) < 4.78 is 4.92. The summed E-state index contributed by atoms with van der Waals surface area (Å²) in [4.78, 5) is 11.6. The second kappa shape index (κ2) is 5.69. The van der Waals surface area contributed by atoms with Crippen molar-refractivity contribution in [2.24, 2.45) is 16.8 Å². The SMILES string of the molecule is COC(C)C(=O)NC1CCCC1C(N)=NO. The first-order valence-electron chi connectivity index (χ1n) is 5.40. The Labute approximate surface area is 94.8 Å². The van der Waals surface area contributed by atoms with Gasteiger partial charge in [-0.1, -0.05) is 11.6 Å². The van der Waals surface area contributed by atoms with Gasteiger partial charge in [-0.15, -0.1) is 0 Å². The van der Waals surface area contributed by atoms with Crippen molar-refractivity contribution in [2.75, 3.05) is 7.11 Å². The monoisotopic (exact) mass is 229 g/mol. The molecule has 3 unspecified atom stereocenters. The maximum Gasteiger partial charge on any atom is 0.249 e. The molecule has 1 amide bonds. The van der Waals surface area contributed by atoms with Gasteiger partial charge < -0.3 is 21.0 Å². The van der Waals surface area contributed by atoms with Gasteiger partial charge in [0.15, 0.2) is 0 Å². The number of carbonyl (C=O) groups is 1. The molecule has 0 heterocycles. The average molecular weight is 229 g/mol. The lowest BCUT2D eigenvalue weighted by Gasteiger charge is -2.21. The second-order valence-corrected chi connectivity index (χ2v) is 4.06. The van der Waals surface area contributed by atoms with E-state index in [-0.39, 0.29) is 23.7 Å². The molecular weight excluding hydrogens is 210 g/mol. The van der Waals surface area contributed by atoms with Crippen LogP contribution in [0.3, 0.4) is 0 Å². The first-order chi connectivity index (χ1) is 7.60. The first-order valence-corrected chi connectivity index (χ1v) is 5.40. The summed E-state index contributed by atoms with van der Waals surface area (Å²) in [5.74, 6) is -0.0454. The number of amidine groups is 1. The molecule has 3 atom stereocenters. The van der Waals surface area contributed by atoms with Crippen molar-refractivity contribution in [3.63, 3.8) is 0 Å². The molecule has 1 fully saturated rings. The van der Waals surface area contributed by atoms with Gasteiger partial charge in [-0.25, -0.2) is 0 Å². The number of oxime groups is 1. The molecular formula is C10H19N3O3. The van der Waals surface area contributed by atoms with Crippen LogP contribution < -0.4 is 11.1 Å². The number of rotatable bonds is 4. The predicted octanol–water partition coefficient (Wildman–Crippen LogP) is 0.0526. The van der Waals surface area contributed by atoms with Crippen molar-refractivity contribution in [1.29, 1.82) is 0 Å². The van der Waals surface area contributed by atoms with Gasteiger partial charge >= 0.3 is 0 Å². The van der Waals surface area contributed by atoms with Crippen molar-refractivity contribution in [1.82, 2.24) is 5.32 Å². The summed E-state index contributed by atoms with van der Waals surface area (Å²) in [7, 11) is 1.49. The zero-order valence-corrected chi connectivity index (χ0v) is 9.64. The Balaban J connectivity index is 2.56. The minimum absolute atomic E-state index is 0.0546. The molecule has 4 N–H and O–H groups in total. The van der Waals surface area contributed by atoms with Gasteiger partial charge in [-0.3, -0.25) is 4.79 Å². The van der Waals surface area contributed by atoms with Crippen LogP contribution in [0.2, 0.25) is 0 Å². The maximum absolute atomic E-state index is 11.6. The topological polar surface area (TPSA) is 96.9 Å². The lowest BCUT2D eigenvalue weighted by molar-refractivity contribution is -0.130. The third-order valence-corrected chi connectivity index (χ3v) is 3.06. The first kappa shape index (κ1) is 12.8. The molecule has 1 rings (SSSR count). The van der Waals surface area contributed by atoms with E-state index in [0.717, 1.165) is 19.3 Å². The average Bonchev–Trinajstić information content (AvgIpc) is 2.74. The van der Waals surface area contributed by atoms with Crippen LogP contribution in [0, 0.1) is 5.92 Å². The predicted molar refractivity (Wildman–Crippen MR) is 59.2 cm³/mol. The number of methoxy groups -OCH3 is 1. The van der Waals surface area contributed by atoms with Gasteiger partial charge in [0.1, 0.15) is 11.9 Å². The highest BCUT2D eigenvalue weighted by Gasteiger charge is 2.32. The maximum atomic E-state index is 11.6. The Morgan fingerprint density at radius 1 is 1.62 bits per heavy atom. The smallest absolute Gasteiger partial charge is 0.249 e. The van der Waals surface area contributed by atoms with Crippen LogP contribution in [0.4, 0.5) is 0 Å². The highest BCUT2D eigenvalue weighted by Crippen LogP contribution is 2.25. The van der Waals surface area contributed by atoms with Gasteiger partial charge in [0.25, 0.3) is 0 Å². The van der Waals surface area contributed by atoms with Crippen molar-refractivity contribution in [3.05, 3.63) is 0 Å². The number of hydrogen-bond acceptors (Lipinski definition) is 4. The van der Waals surface area contributed by atoms with E-state index in [2.05, 4.69) is 10.5 Å². The van der Waals surface area contributed by atoms with E-state index in [4.69, 9.17) is 15.7 Å². The molecule has 0 spiro atoms. The number of amides is 1. The van der Waals surface area contributed by atoms with Crippen molar-refractivity contribution < 1.29 is 14.7 Å². The van der Waals surface area contributed by atoms with Crippen LogP contribution in [0.25, 0.3) is 0 Å². The van der Waals surface area contributed by atoms with E-state index in [1.807, 2.05) is 0 Å². The minimum atomic E-state index is -0.478. The molecule has 0 aromatic carbocycles. The Hall–Kier alpha value is -1.30. The molecule has 1 aliphatic rings. The number of nitrogens with zero attached hydrogens (tertiary/aromatic N) is 1. The van der Waals surface area contributed by atoms with Crippen LogP contribution in [0.15, 0.2) is 5.16 Å². The molecule has 0 aromatic rings. The standard InChI is InChI=1S/C10H19N3O3/c1-6(16-2)10(14)12-8-5-3-4-7(8)9(11)13-15/h6-8,15H,3-5H2,1-2H3,(H2,11,13)(H,12,14). The summed E-state index contributed by atoms with van der Waals surface area (Å²) in [5, 5.41) is 14.5. The molecule has 1 saturated carbocycles. The summed E-state index contributed by atoms with van der Waals surface area (Å²) >= 11 is 0. The quantitative estimate of drug-likeness (QED) is 0.275. The van der Waals surface area contributed by atoms with E-state index in [9.17, 15) is 4.79 Å². The van der Waals surface area contributed by atoms with Crippen molar-refractivity contribution in [3.8, 4) is 0 Å². The Morgan fingerprint density at radius 2 is 2.31 bits per heavy atom. The minimum Gasteiger partial charge on any atom is -0.409 e. The van der Waals surface area contributed by atoms with E-state index in [1.54, 1.807) is 6.92 Å². The van der Waals surface area contributed by atoms with Gasteiger partial charge in [0.2, 0.25) is 5.91 Å². The van der Waals surface area contributed by atoms with Crippen molar-refractivity contribution in [2.45, 2.75) is 38.3 Å². The van der Waals surface area contributed by atoms with Crippen molar-refractivity contribution >= 4 is 11.7 Å². The zero-order valence-electron chi connectivity index (χ0n) is 9.64. The summed E-state index contributed by atoms with van der Waals surface area (Å²) in [6.45, 7) is 1.68. The second-order valence-electron chi connectivity index (χ2n) is 4.06. The Morgan fingerprint density at radius 3 is 2.88 bits per heavy atom. The number of hydrogen-bond donors (Lipinski definition) is 3.